The van der Waals surface area contributed by atoms with Gasteiger partial charge in [-0.3, -0.25) is 4.79 Å². The molecule has 1 aromatic carbocycles. The van der Waals surface area contributed by atoms with Gasteiger partial charge in [-0.1, -0.05) is 0 Å². The van der Waals surface area contributed by atoms with Gasteiger partial charge in [-0.25, -0.2) is 4.39 Å². The minimum atomic E-state index is -0.722. The van der Waals surface area contributed by atoms with E-state index in [1.807, 2.05) is 27.7 Å². The largest absolute Gasteiger partial charge is 0.495 e. The zero-order valence-electron chi connectivity index (χ0n) is 11.9. The molecule has 2 rings (SSSR count). The van der Waals surface area contributed by atoms with E-state index in [0.717, 1.165) is 0 Å². The van der Waals surface area contributed by atoms with Crippen molar-refractivity contribution < 1.29 is 18.5 Å². The number of carbonyl (C=O) groups is 1. The molecule has 1 aromatic rings. The Balaban J connectivity index is 2.44. The topological polar surface area (TPSA) is 35.5 Å². The van der Waals surface area contributed by atoms with Crippen molar-refractivity contribution >= 4 is 18.9 Å². The highest BCUT2D eigenvalue weighted by molar-refractivity contribution is 6.63. The number of halogens is 1. The summed E-state index contributed by atoms with van der Waals surface area (Å²) in [4.78, 5) is 11.1. The minimum absolute atomic E-state index is 0.365. The fourth-order valence-corrected chi connectivity index (χ4v) is 2.00. The van der Waals surface area contributed by atoms with Crippen LogP contribution in [-0.2, 0) is 9.31 Å². The smallest absolute Gasteiger partial charge is 0.399 e. The van der Waals surface area contributed by atoms with E-state index in [0.29, 0.717) is 22.9 Å². The van der Waals surface area contributed by atoms with Gasteiger partial charge in [-0.05, 0) is 57.8 Å². The number of carbonyl (C=O) groups excluding carboxylic acids is 1. The number of aryl methyl sites for hydroxylation is 1. The highest BCUT2D eigenvalue weighted by Gasteiger charge is 2.52. The monoisotopic (exact) mass is 264 g/mol. The lowest BCUT2D eigenvalue weighted by atomic mass is 9.75. The molecule has 0 bridgehead atoms. The van der Waals surface area contributed by atoms with E-state index in [9.17, 15) is 9.18 Å². The van der Waals surface area contributed by atoms with Crippen LogP contribution in [0.15, 0.2) is 12.1 Å². The molecule has 1 aliphatic rings. The van der Waals surface area contributed by atoms with Crippen LogP contribution in [0.5, 0.6) is 0 Å². The number of benzene rings is 1. The Morgan fingerprint density at radius 2 is 1.68 bits per heavy atom. The van der Waals surface area contributed by atoms with E-state index in [-0.39, 0.29) is 5.82 Å². The average Bonchev–Trinajstić information content (AvgIpc) is 2.51. The molecule has 1 saturated heterocycles. The highest BCUT2D eigenvalue weighted by Crippen LogP contribution is 2.36. The van der Waals surface area contributed by atoms with Crippen LogP contribution < -0.4 is 5.46 Å². The first-order valence-corrected chi connectivity index (χ1v) is 6.29. The number of aldehydes is 1. The van der Waals surface area contributed by atoms with Crippen molar-refractivity contribution in [3.63, 3.8) is 0 Å². The van der Waals surface area contributed by atoms with Crippen molar-refractivity contribution in [3.8, 4) is 0 Å². The lowest BCUT2D eigenvalue weighted by Gasteiger charge is -2.32. The molecule has 0 atom stereocenters. The van der Waals surface area contributed by atoms with Gasteiger partial charge in [-0.15, -0.1) is 0 Å². The number of hydrogen-bond acceptors (Lipinski definition) is 3. The standard InChI is InChI=1S/C14H18BFO3/c1-9-6-10(8-17)11(7-12(9)16)15-18-13(2,3)14(4,5)19-15/h6-8H,1-5H3. The zero-order chi connectivity index (χ0) is 14.4. The van der Waals surface area contributed by atoms with Crippen LogP contribution in [0, 0.1) is 12.7 Å². The summed E-state index contributed by atoms with van der Waals surface area (Å²) in [5, 5.41) is 0. The van der Waals surface area contributed by atoms with Gasteiger partial charge in [0, 0.05) is 5.56 Å². The summed E-state index contributed by atoms with van der Waals surface area (Å²) >= 11 is 0. The minimum Gasteiger partial charge on any atom is -0.399 e. The first-order chi connectivity index (χ1) is 8.68. The normalized spacial score (nSPS) is 20.6. The Morgan fingerprint density at radius 3 is 2.16 bits per heavy atom. The third-order valence-electron chi connectivity index (χ3n) is 4.00. The second kappa shape index (κ2) is 4.42. The van der Waals surface area contributed by atoms with E-state index in [1.54, 1.807) is 6.92 Å². The summed E-state index contributed by atoms with van der Waals surface area (Å²) in [5.74, 6) is -0.365. The van der Waals surface area contributed by atoms with E-state index < -0.39 is 18.3 Å². The van der Waals surface area contributed by atoms with Gasteiger partial charge in [0.2, 0.25) is 0 Å². The molecule has 0 N–H and O–H groups in total. The van der Waals surface area contributed by atoms with Crippen molar-refractivity contribution in [1.82, 2.24) is 0 Å². The molecular weight excluding hydrogens is 246 g/mol. The van der Waals surface area contributed by atoms with Crippen LogP contribution in [0.2, 0.25) is 0 Å². The van der Waals surface area contributed by atoms with Crippen molar-refractivity contribution in [2.24, 2.45) is 0 Å². The van der Waals surface area contributed by atoms with Crippen LogP contribution in [0.1, 0.15) is 43.6 Å². The number of rotatable bonds is 2. The first-order valence-electron chi connectivity index (χ1n) is 6.29. The molecule has 1 fully saturated rings. The molecule has 0 aliphatic carbocycles. The molecule has 0 aromatic heterocycles. The van der Waals surface area contributed by atoms with Gasteiger partial charge < -0.3 is 9.31 Å². The molecule has 1 aliphatic heterocycles. The summed E-state index contributed by atoms with van der Waals surface area (Å²) in [6, 6.07) is 2.84. The predicted octanol–water partition coefficient (Wildman–Crippen LogP) is 2.25. The maximum atomic E-state index is 13.7. The first kappa shape index (κ1) is 14.2. The van der Waals surface area contributed by atoms with Crippen LogP contribution in [0.4, 0.5) is 4.39 Å². The molecule has 0 spiro atoms. The van der Waals surface area contributed by atoms with Gasteiger partial charge in [-0.2, -0.15) is 0 Å². The van der Waals surface area contributed by atoms with Gasteiger partial charge in [0.05, 0.1) is 11.2 Å². The molecule has 0 saturated carbocycles. The molecular formula is C14H18BFO3. The van der Waals surface area contributed by atoms with Crippen LogP contribution in [-0.4, -0.2) is 24.6 Å². The molecule has 19 heavy (non-hydrogen) atoms. The Morgan fingerprint density at radius 1 is 1.16 bits per heavy atom. The molecule has 0 unspecified atom stereocenters. The van der Waals surface area contributed by atoms with Crippen molar-refractivity contribution in [3.05, 3.63) is 29.1 Å². The van der Waals surface area contributed by atoms with Crippen LogP contribution in [0.3, 0.4) is 0 Å². The summed E-state index contributed by atoms with van der Waals surface area (Å²) in [6.07, 6.45) is 0.701. The van der Waals surface area contributed by atoms with Crippen LogP contribution >= 0.6 is 0 Å². The fraction of sp³-hybridized carbons (Fsp3) is 0.500. The lowest BCUT2D eigenvalue weighted by molar-refractivity contribution is 0.00578. The van der Waals surface area contributed by atoms with E-state index >= 15 is 0 Å². The molecule has 0 amide bonds. The predicted molar refractivity (Wildman–Crippen MR) is 72.2 cm³/mol. The van der Waals surface area contributed by atoms with Crippen molar-refractivity contribution in [2.75, 3.05) is 0 Å². The Hall–Kier alpha value is -1.20. The quantitative estimate of drug-likeness (QED) is 0.607. The summed E-state index contributed by atoms with van der Waals surface area (Å²) in [5.41, 5.74) is 0.245. The molecule has 0 radical (unpaired) electrons. The maximum Gasteiger partial charge on any atom is 0.495 e. The average molecular weight is 264 g/mol. The molecule has 102 valence electrons. The van der Waals surface area contributed by atoms with Crippen molar-refractivity contribution in [1.29, 1.82) is 0 Å². The van der Waals surface area contributed by atoms with Gasteiger partial charge in [0.25, 0.3) is 0 Å². The maximum absolute atomic E-state index is 13.7. The second-order valence-corrected chi connectivity index (χ2v) is 5.94. The molecule has 1 heterocycles. The van der Waals surface area contributed by atoms with Crippen LogP contribution in [0.25, 0.3) is 0 Å². The third-order valence-corrected chi connectivity index (χ3v) is 4.00. The Bertz CT molecular complexity index is 510. The third kappa shape index (κ3) is 2.32. The second-order valence-electron chi connectivity index (χ2n) is 5.94. The van der Waals surface area contributed by atoms with E-state index in [4.69, 9.17) is 9.31 Å². The number of hydrogen-bond donors (Lipinski definition) is 0. The van der Waals surface area contributed by atoms with Gasteiger partial charge in [0.1, 0.15) is 12.1 Å². The summed E-state index contributed by atoms with van der Waals surface area (Å²) in [7, 11) is -0.722. The van der Waals surface area contributed by atoms with Gasteiger partial charge >= 0.3 is 7.12 Å². The van der Waals surface area contributed by atoms with E-state index in [1.165, 1.54) is 12.1 Å². The summed E-state index contributed by atoms with van der Waals surface area (Å²) < 4.78 is 25.4. The molecule has 5 heteroatoms. The van der Waals surface area contributed by atoms with Gasteiger partial charge in [0.15, 0.2) is 0 Å². The Kier molecular flexibility index (Phi) is 3.31. The SMILES string of the molecule is Cc1cc(C=O)c(B2OC(C)(C)C(C)(C)O2)cc1F. The Labute approximate surface area is 113 Å². The fourth-order valence-electron chi connectivity index (χ4n) is 2.00. The lowest BCUT2D eigenvalue weighted by Crippen LogP contribution is -2.41. The zero-order valence-corrected chi connectivity index (χ0v) is 11.9. The van der Waals surface area contributed by atoms with E-state index in [2.05, 4.69) is 0 Å². The summed E-state index contributed by atoms with van der Waals surface area (Å²) in [6.45, 7) is 9.28. The highest BCUT2D eigenvalue weighted by atomic mass is 19.1. The molecule has 3 nitrogen and oxygen atoms in total. The van der Waals surface area contributed by atoms with Crippen molar-refractivity contribution in [2.45, 2.75) is 45.8 Å².